The fourth-order valence-corrected chi connectivity index (χ4v) is 4.63. The lowest BCUT2D eigenvalue weighted by Crippen LogP contribution is -2.17. The van der Waals surface area contributed by atoms with Crippen LogP contribution in [0.3, 0.4) is 0 Å². The second-order valence-corrected chi connectivity index (χ2v) is 8.94. The number of methoxy groups -OCH3 is 2. The molecule has 0 unspecified atom stereocenters. The molecule has 2 aromatic carbocycles. The van der Waals surface area contributed by atoms with E-state index in [1.54, 1.807) is 29.9 Å². The van der Waals surface area contributed by atoms with Crippen LogP contribution in [0.25, 0.3) is 16.6 Å². The number of carbonyl (C=O) groups excluding carboxylic acids is 1. The van der Waals surface area contributed by atoms with Gasteiger partial charge >= 0.3 is 5.97 Å². The van der Waals surface area contributed by atoms with Gasteiger partial charge in [0.15, 0.2) is 22.5 Å². The number of nitrogens with one attached hydrogen (secondary N) is 1. The SMILES string of the molecule is COC[C@@H](C)n1c(COc2ccccc2F)nnc1SCC(O)=C(C(=O)OC)c1nc2ccccc2[nH]1. The molecule has 0 aliphatic carbocycles. The van der Waals surface area contributed by atoms with Crippen LogP contribution < -0.4 is 4.74 Å². The van der Waals surface area contributed by atoms with Crippen LogP contribution in [-0.4, -0.2) is 62.4 Å². The third-order valence-electron chi connectivity index (χ3n) is 5.42. The number of aliphatic hydroxyl groups excluding tert-OH is 1. The van der Waals surface area contributed by atoms with E-state index in [4.69, 9.17) is 14.2 Å². The number of fused-ring (bicyclic) bond motifs is 1. The van der Waals surface area contributed by atoms with Crippen molar-refractivity contribution in [3.05, 3.63) is 71.8 Å². The first-order valence-electron chi connectivity index (χ1n) is 11.3. The topological polar surface area (TPSA) is 124 Å². The predicted molar refractivity (Wildman–Crippen MR) is 136 cm³/mol. The number of thioether (sulfide) groups is 1. The van der Waals surface area contributed by atoms with Gasteiger partial charge in [-0.05, 0) is 31.2 Å². The number of ether oxygens (including phenoxy) is 3. The first-order valence-corrected chi connectivity index (χ1v) is 12.3. The molecule has 4 rings (SSSR count). The number of carbonyl (C=O) groups is 1. The first kappa shape index (κ1) is 26.2. The number of aromatic amines is 1. The van der Waals surface area contributed by atoms with Crippen molar-refractivity contribution < 1.29 is 28.5 Å². The average molecular weight is 528 g/mol. The van der Waals surface area contributed by atoms with E-state index in [-0.39, 0.29) is 41.3 Å². The molecule has 0 aliphatic heterocycles. The number of halogens is 1. The summed E-state index contributed by atoms with van der Waals surface area (Å²) < 4.78 is 31.6. The normalized spacial score (nSPS) is 12.9. The molecule has 0 spiro atoms. The first-order chi connectivity index (χ1) is 17.9. The molecule has 0 amide bonds. The largest absolute Gasteiger partial charge is 0.510 e. The van der Waals surface area contributed by atoms with Gasteiger partial charge in [0.05, 0.1) is 36.5 Å². The molecule has 0 saturated heterocycles. The number of rotatable bonds is 11. The number of benzene rings is 2. The molecule has 2 heterocycles. The van der Waals surface area contributed by atoms with Gasteiger partial charge in [-0.15, -0.1) is 10.2 Å². The van der Waals surface area contributed by atoms with Gasteiger partial charge in [-0.25, -0.2) is 14.2 Å². The predicted octanol–water partition coefficient (Wildman–Crippen LogP) is 4.31. The van der Waals surface area contributed by atoms with Gasteiger partial charge in [0, 0.05) is 7.11 Å². The van der Waals surface area contributed by atoms with Gasteiger partial charge in [0.1, 0.15) is 23.8 Å². The highest BCUT2D eigenvalue weighted by Gasteiger charge is 2.24. The molecular formula is C25H26FN5O5S. The number of hydrogen-bond donors (Lipinski definition) is 2. The van der Waals surface area contributed by atoms with Crippen molar-refractivity contribution in [3.8, 4) is 5.75 Å². The Hall–Kier alpha value is -3.90. The summed E-state index contributed by atoms with van der Waals surface area (Å²) in [6.07, 6.45) is 0. The van der Waals surface area contributed by atoms with Crippen LogP contribution in [0.1, 0.15) is 24.6 Å². The van der Waals surface area contributed by atoms with Gasteiger partial charge < -0.3 is 24.3 Å². The highest BCUT2D eigenvalue weighted by atomic mass is 32.2. The summed E-state index contributed by atoms with van der Waals surface area (Å²) >= 11 is 1.16. The number of aromatic nitrogens is 5. The van der Waals surface area contributed by atoms with E-state index in [0.717, 1.165) is 11.8 Å². The number of para-hydroxylation sites is 3. The lowest BCUT2D eigenvalue weighted by molar-refractivity contribution is -0.133. The standard InChI is InChI=1S/C25H26FN5O5S/c1-15(12-34-2)31-21(13-36-20-11-7-4-8-16(20)26)29-30-25(31)37-14-19(32)22(24(33)35-3)23-27-17-9-5-6-10-18(17)28-23/h4-11,15,32H,12-14H2,1-3H3,(H,27,28)/t15-/m1/s1. The molecule has 0 bridgehead atoms. The maximum Gasteiger partial charge on any atom is 0.345 e. The van der Waals surface area contributed by atoms with E-state index in [2.05, 4.69) is 20.2 Å². The van der Waals surface area contributed by atoms with Gasteiger partial charge in [-0.1, -0.05) is 36.0 Å². The Kier molecular flexibility index (Phi) is 8.41. The fraction of sp³-hybridized carbons (Fsp3) is 0.280. The summed E-state index contributed by atoms with van der Waals surface area (Å²) in [7, 11) is 2.81. The molecule has 2 aromatic heterocycles. The molecule has 12 heteroatoms. The van der Waals surface area contributed by atoms with E-state index in [9.17, 15) is 14.3 Å². The highest BCUT2D eigenvalue weighted by molar-refractivity contribution is 7.99. The molecule has 10 nitrogen and oxygen atoms in total. The number of H-pyrrole nitrogens is 1. The zero-order valence-corrected chi connectivity index (χ0v) is 21.3. The number of imidazole rings is 1. The summed E-state index contributed by atoms with van der Waals surface area (Å²) in [5.74, 6) is -0.736. The van der Waals surface area contributed by atoms with Gasteiger partial charge in [-0.2, -0.15) is 0 Å². The van der Waals surface area contributed by atoms with Gasteiger partial charge in [0.25, 0.3) is 0 Å². The fourth-order valence-electron chi connectivity index (χ4n) is 3.70. The second-order valence-electron chi connectivity index (χ2n) is 8.00. The number of nitrogens with zero attached hydrogens (tertiary/aromatic N) is 4. The molecule has 2 N–H and O–H groups in total. The van der Waals surface area contributed by atoms with Crippen molar-refractivity contribution >= 4 is 34.3 Å². The van der Waals surface area contributed by atoms with Crippen LogP contribution in [-0.2, 0) is 20.9 Å². The maximum absolute atomic E-state index is 14.0. The second kappa shape index (κ2) is 11.9. The van der Waals surface area contributed by atoms with Crippen LogP contribution in [0.2, 0.25) is 0 Å². The van der Waals surface area contributed by atoms with Crippen molar-refractivity contribution in [3.63, 3.8) is 0 Å². The summed E-state index contributed by atoms with van der Waals surface area (Å²) in [5.41, 5.74) is 1.28. The molecule has 0 aliphatic rings. The maximum atomic E-state index is 14.0. The minimum atomic E-state index is -0.731. The minimum Gasteiger partial charge on any atom is -0.510 e. The molecule has 0 saturated carbocycles. The molecule has 1 atom stereocenters. The van der Waals surface area contributed by atoms with Crippen molar-refractivity contribution in [2.75, 3.05) is 26.6 Å². The third kappa shape index (κ3) is 5.92. The summed E-state index contributed by atoms with van der Waals surface area (Å²) in [4.78, 5) is 20.0. The Balaban J connectivity index is 1.60. The van der Waals surface area contributed by atoms with Crippen LogP contribution in [0.15, 0.2) is 59.4 Å². The third-order valence-corrected chi connectivity index (χ3v) is 6.37. The average Bonchev–Trinajstić information content (AvgIpc) is 3.51. The summed E-state index contributed by atoms with van der Waals surface area (Å²) in [6.45, 7) is 2.23. The van der Waals surface area contributed by atoms with Crippen LogP contribution in [0, 0.1) is 5.82 Å². The monoisotopic (exact) mass is 527 g/mol. The van der Waals surface area contributed by atoms with E-state index in [0.29, 0.717) is 28.6 Å². The summed E-state index contributed by atoms with van der Waals surface area (Å²) in [6, 6.07) is 13.2. The lowest BCUT2D eigenvalue weighted by Gasteiger charge is -2.17. The molecule has 0 fully saturated rings. The zero-order valence-electron chi connectivity index (χ0n) is 20.5. The van der Waals surface area contributed by atoms with Gasteiger partial charge in [0.2, 0.25) is 0 Å². The number of esters is 1. The van der Waals surface area contributed by atoms with E-state index < -0.39 is 11.8 Å². The molecular weight excluding hydrogens is 501 g/mol. The van der Waals surface area contributed by atoms with Crippen LogP contribution in [0.4, 0.5) is 4.39 Å². The molecule has 37 heavy (non-hydrogen) atoms. The molecule has 0 radical (unpaired) electrons. The quantitative estimate of drug-likeness (QED) is 0.127. The van der Waals surface area contributed by atoms with E-state index in [1.807, 2.05) is 25.1 Å². The Morgan fingerprint density at radius 1 is 1.16 bits per heavy atom. The summed E-state index contributed by atoms with van der Waals surface area (Å²) in [5, 5.41) is 19.8. The van der Waals surface area contributed by atoms with E-state index >= 15 is 0 Å². The van der Waals surface area contributed by atoms with Crippen LogP contribution >= 0.6 is 11.8 Å². The number of aliphatic hydroxyl groups is 1. The minimum absolute atomic E-state index is 0.0204. The van der Waals surface area contributed by atoms with Crippen molar-refractivity contribution in [1.82, 2.24) is 24.7 Å². The smallest absolute Gasteiger partial charge is 0.345 e. The van der Waals surface area contributed by atoms with E-state index in [1.165, 1.54) is 19.2 Å². The Labute approximate surface area is 216 Å². The van der Waals surface area contributed by atoms with Crippen molar-refractivity contribution in [2.45, 2.75) is 24.7 Å². The lowest BCUT2D eigenvalue weighted by atomic mass is 10.2. The molecule has 194 valence electrons. The number of hydrogen-bond acceptors (Lipinski definition) is 9. The Morgan fingerprint density at radius 3 is 2.65 bits per heavy atom. The Bertz CT molecular complexity index is 1390. The van der Waals surface area contributed by atoms with Crippen molar-refractivity contribution in [2.24, 2.45) is 0 Å². The highest BCUT2D eigenvalue weighted by Crippen LogP contribution is 2.28. The van der Waals surface area contributed by atoms with Gasteiger partial charge in [-0.3, -0.25) is 4.57 Å². The zero-order chi connectivity index (χ0) is 26.4. The van der Waals surface area contributed by atoms with Crippen LogP contribution in [0.5, 0.6) is 5.75 Å². The Morgan fingerprint density at radius 2 is 1.92 bits per heavy atom. The van der Waals surface area contributed by atoms with Crippen molar-refractivity contribution in [1.29, 1.82) is 0 Å². The molecule has 4 aromatic rings.